The lowest BCUT2D eigenvalue weighted by Crippen LogP contribution is -2.65. The Bertz CT molecular complexity index is 689. The standard InChI is InChI=1S/C22H33N3O4/c1-22(28)13-14-25(21(27)23-17-11-7-4-8-12-17)19(16-9-5-3-6-10-16)20(22)24-18(26)15-29-2/h3,5-6,9-10,17,19-20,28H,4,7-8,11-15H2,1-2H3,(H,23,27)(H,24,26). The van der Waals surface area contributed by atoms with E-state index in [1.54, 1.807) is 11.8 Å². The summed E-state index contributed by atoms with van der Waals surface area (Å²) in [5, 5.41) is 17.2. The van der Waals surface area contributed by atoms with Gasteiger partial charge >= 0.3 is 6.03 Å². The van der Waals surface area contributed by atoms with Gasteiger partial charge in [0.1, 0.15) is 6.61 Å². The second kappa shape index (κ2) is 9.59. The number of aliphatic hydroxyl groups is 1. The number of methoxy groups -OCH3 is 1. The average Bonchev–Trinajstić information content (AvgIpc) is 2.71. The van der Waals surface area contributed by atoms with E-state index < -0.39 is 17.7 Å². The van der Waals surface area contributed by atoms with Gasteiger partial charge in [-0.05, 0) is 31.7 Å². The predicted molar refractivity (Wildman–Crippen MR) is 110 cm³/mol. The molecule has 1 aromatic rings. The summed E-state index contributed by atoms with van der Waals surface area (Å²) in [6.45, 7) is 2.04. The molecule has 2 aliphatic rings. The second-order valence-corrected chi connectivity index (χ2v) is 8.42. The van der Waals surface area contributed by atoms with Crippen LogP contribution in [-0.4, -0.2) is 59.9 Å². The van der Waals surface area contributed by atoms with Crippen molar-refractivity contribution in [3.05, 3.63) is 35.9 Å². The molecule has 1 heterocycles. The maximum atomic E-state index is 13.2. The maximum Gasteiger partial charge on any atom is 0.318 e. The molecule has 3 rings (SSSR count). The maximum absolute atomic E-state index is 13.2. The highest BCUT2D eigenvalue weighted by Crippen LogP contribution is 2.37. The third-order valence-corrected chi connectivity index (χ3v) is 6.11. The Balaban J connectivity index is 1.87. The van der Waals surface area contributed by atoms with Crippen LogP contribution >= 0.6 is 0 Å². The van der Waals surface area contributed by atoms with Gasteiger partial charge in [-0.15, -0.1) is 0 Å². The van der Waals surface area contributed by atoms with Gasteiger partial charge in [-0.25, -0.2) is 4.79 Å². The number of carbonyl (C=O) groups excluding carboxylic acids is 2. The Morgan fingerprint density at radius 3 is 2.52 bits per heavy atom. The third kappa shape index (κ3) is 5.28. The number of hydrogen-bond acceptors (Lipinski definition) is 4. The number of nitrogens with one attached hydrogen (secondary N) is 2. The van der Waals surface area contributed by atoms with Crippen LogP contribution in [0.2, 0.25) is 0 Å². The molecule has 1 aliphatic carbocycles. The first-order chi connectivity index (χ1) is 13.9. The van der Waals surface area contributed by atoms with Crippen LogP contribution in [-0.2, 0) is 9.53 Å². The first-order valence-corrected chi connectivity index (χ1v) is 10.5. The number of benzene rings is 1. The summed E-state index contributed by atoms with van der Waals surface area (Å²) in [4.78, 5) is 27.3. The molecular weight excluding hydrogens is 370 g/mol. The van der Waals surface area contributed by atoms with Crippen molar-refractivity contribution in [1.82, 2.24) is 15.5 Å². The van der Waals surface area contributed by atoms with E-state index >= 15 is 0 Å². The summed E-state index contributed by atoms with van der Waals surface area (Å²) in [5.41, 5.74) is -0.264. The minimum atomic E-state index is -1.15. The van der Waals surface area contributed by atoms with E-state index in [4.69, 9.17) is 4.74 Å². The molecule has 0 radical (unpaired) electrons. The monoisotopic (exact) mass is 403 g/mol. The molecule has 1 aliphatic heterocycles. The summed E-state index contributed by atoms with van der Waals surface area (Å²) in [7, 11) is 1.46. The minimum Gasteiger partial charge on any atom is -0.388 e. The van der Waals surface area contributed by atoms with Crippen LogP contribution in [0, 0.1) is 0 Å². The highest BCUT2D eigenvalue weighted by molar-refractivity contribution is 5.79. The van der Waals surface area contributed by atoms with E-state index in [0.29, 0.717) is 13.0 Å². The van der Waals surface area contributed by atoms with Gasteiger partial charge in [0.05, 0.1) is 17.7 Å². The molecule has 29 heavy (non-hydrogen) atoms. The first kappa shape index (κ1) is 21.6. The second-order valence-electron chi connectivity index (χ2n) is 8.42. The van der Waals surface area contributed by atoms with Crippen molar-refractivity contribution in [2.75, 3.05) is 20.3 Å². The Kier molecular flexibility index (Phi) is 7.14. The van der Waals surface area contributed by atoms with E-state index in [9.17, 15) is 14.7 Å². The van der Waals surface area contributed by atoms with Crippen LogP contribution in [0.3, 0.4) is 0 Å². The summed E-state index contributed by atoms with van der Waals surface area (Å²) in [6, 6.07) is 8.54. The summed E-state index contributed by atoms with van der Waals surface area (Å²) in [6.07, 6.45) is 5.88. The smallest absolute Gasteiger partial charge is 0.318 e. The molecule has 3 amide bonds. The summed E-state index contributed by atoms with van der Waals surface area (Å²) in [5.74, 6) is -0.312. The molecule has 1 aromatic carbocycles. The summed E-state index contributed by atoms with van der Waals surface area (Å²) < 4.78 is 4.94. The number of amides is 3. The molecule has 0 bridgehead atoms. The van der Waals surface area contributed by atoms with Gasteiger partial charge in [-0.2, -0.15) is 0 Å². The van der Waals surface area contributed by atoms with Crippen LogP contribution in [0.15, 0.2) is 30.3 Å². The zero-order chi connectivity index (χ0) is 20.9. The molecule has 7 nitrogen and oxygen atoms in total. The fourth-order valence-corrected chi connectivity index (χ4v) is 4.50. The molecule has 1 saturated heterocycles. The molecule has 7 heteroatoms. The topological polar surface area (TPSA) is 90.9 Å². The Hall–Kier alpha value is -2.12. The predicted octanol–water partition coefficient (Wildman–Crippen LogP) is 2.36. The van der Waals surface area contributed by atoms with E-state index in [1.807, 2.05) is 30.3 Å². The number of ether oxygens (including phenoxy) is 1. The lowest BCUT2D eigenvalue weighted by Gasteiger charge is -2.49. The molecular formula is C22H33N3O4. The summed E-state index contributed by atoms with van der Waals surface area (Å²) >= 11 is 0. The van der Waals surface area contributed by atoms with Gasteiger partial charge in [0.2, 0.25) is 5.91 Å². The number of carbonyl (C=O) groups is 2. The minimum absolute atomic E-state index is 0.0949. The van der Waals surface area contributed by atoms with Crippen LogP contribution in [0.1, 0.15) is 57.1 Å². The Morgan fingerprint density at radius 1 is 1.17 bits per heavy atom. The number of likely N-dealkylation sites (tertiary alicyclic amines) is 1. The molecule has 160 valence electrons. The van der Waals surface area contributed by atoms with Crippen molar-refractivity contribution in [2.24, 2.45) is 0 Å². The largest absolute Gasteiger partial charge is 0.388 e. The Morgan fingerprint density at radius 2 is 1.86 bits per heavy atom. The van der Waals surface area contributed by atoms with Crippen molar-refractivity contribution in [2.45, 2.75) is 69.2 Å². The fourth-order valence-electron chi connectivity index (χ4n) is 4.50. The van der Waals surface area contributed by atoms with E-state index in [-0.39, 0.29) is 24.6 Å². The molecule has 0 spiro atoms. The third-order valence-electron chi connectivity index (χ3n) is 6.11. The van der Waals surface area contributed by atoms with Gasteiger partial charge in [0, 0.05) is 19.7 Å². The highest BCUT2D eigenvalue weighted by atomic mass is 16.5. The lowest BCUT2D eigenvalue weighted by atomic mass is 9.79. The average molecular weight is 404 g/mol. The van der Waals surface area contributed by atoms with Crippen molar-refractivity contribution >= 4 is 11.9 Å². The zero-order valence-corrected chi connectivity index (χ0v) is 17.4. The molecule has 3 unspecified atom stereocenters. The SMILES string of the molecule is COCC(=O)NC1C(c2ccccc2)N(C(=O)NC2CCCCC2)CCC1(C)O. The van der Waals surface area contributed by atoms with Crippen molar-refractivity contribution in [1.29, 1.82) is 0 Å². The first-order valence-electron chi connectivity index (χ1n) is 10.5. The molecule has 0 aromatic heterocycles. The van der Waals surface area contributed by atoms with Gasteiger partial charge < -0.3 is 25.4 Å². The lowest BCUT2D eigenvalue weighted by molar-refractivity contribution is -0.131. The van der Waals surface area contributed by atoms with Crippen molar-refractivity contribution in [3.63, 3.8) is 0 Å². The van der Waals surface area contributed by atoms with E-state index in [0.717, 1.165) is 31.2 Å². The number of rotatable bonds is 5. The van der Waals surface area contributed by atoms with Gasteiger partial charge in [0.25, 0.3) is 0 Å². The zero-order valence-electron chi connectivity index (χ0n) is 17.4. The van der Waals surface area contributed by atoms with Gasteiger partial charge in [0.15, 0.2) is 0 Å². The van der Waals surface area contributed by atoms with Crippen LogP contribution in [0.25, 0.3) is 0 Å². The molecule has 1 saturated carbocycles. The number of piperidine rings is 1. The van der Waals surface area contributed by atoms with Crippen LogP contribution < -0.4 is 10.6 Å². The normalized spacial score (nSPS) is 28.0. The van der Waals surface area contributed by atoms with Gasteiger partial charge in [-0.3, -0.25) is 4.79 Å². The fraction of sp³-hybridized carbons (Fsp3) is 0.636. The van der Waals surface area contributed by atoms with Crippen molar-refractivity contribution < 1.29 is 19.4 Å². The van der Waals surface area contributed by atoms with E-state index in [2.05, 4.69) is 10.6 Å². The van der Waals surface area contributed by atoms with Gasteiger partial charge in [-0.1, -0.05) is 49.6 Å². The highest BCUT2D eigenvalue weighted by Gasteiger charge is 2.47. The number of nitrogens with zero attached hydrogens (tertiary/aromatic N) is 1. The quantitative estimate of drug-likeness (QED) is 0.704. The molecule has 3 N–H and O–H groups in total. The number of hydrogen-bond donors (Lipinski definition) is 3. The Labute approximate surface area is 172 Å². The number of urea groups is 1. The molecule has 3 atom stereocenters. The van der Waals surface area contributed by atoms with Crippen LogP contribution in [0.5, 0.6) is 0 Å². The van der Waals surface area contributed by atoms with Crippen LogP contribution in [0.4, 0.5) is 4.79 Å². The van der Waals surface area contributed by atoms with E-state index in [1.165, 1.54) is 13.5 Å². The van der Waals surface area contributed by atoms with Crippen molar-refractivity contribution in [3.8, 4) is 0 Å². The molecule has 2 fully saturated rings.